The summed E-state index contributed by atoms with van der Waals surface area (Å²) in [6, 6.07) is 7.43. The first-order valence-electron chi connectivity index (χ1n) is 5.80. The van der Waals surface area contributed by atoms with Crippen LogP contribution < -0.4 is 4.74 Å². The molecule has 0 unspecified atom stereocenters. The molecule has 0 aliphatic carbocycles. The zero-order valence-corrected chi connectivity index (χ0v) is 10.4. The van der Waals surface area contributed by atoms with Crippen LogP contribution in [0, 0.1) is 21.7 Å². The third kappa shape index (κ3) is 2.27. The molecular weight excluding hydrogens is 284 g/mol. The van der Waals surface area contributed by atoms with Crippen molar-refractivity contribution in [2.75, 3.05) is 0 Å². The van der Waals surface area contributed by atoms with Crippen molar-refractivity contribution in [1.82, 2.24) is 9.38 Å². The first-order valence-corrected chi connectivity index (χ1v) is 5.80. The lowest BCUT2D eigenvalue weighted by Gasteiger charge is -2.03. The molecule has 3 rings (SSSR count). The van der Waals surface area contributed by atoms with E-state index >= 15 is 0 Å². The summed E-state index contributed by atoms with van der Waals surface area (Å²) >= 11 is 0. The number of halogens is 2. The summed E-state index contributed by atoms with van der Waals surface area (Å²) in [6.45, 7) is 0. The van der Waals surface area contributed by atoms with Crippen molar-refractivity contribution in [3.05, 3.63) is 64.3 Å². The third-order valence-electron chi connectivity index (χ3n) is 2.75. The number of nitrogens with zero attached hydrogens (tertiary/aromatic N) is 3. The predicted octanol–water partition coefficient (Wildman–Crippen LogP) is 3.31. The maximum absolute atomic E-state index is 13.6. The van der Waals surface area contributed by atoms with Crippen LogP contribution in [-0.4, -0.2) is 14.3 Å². The Kier molecular flexibility index (Phi) is 2.98. The maximum atomic E-state index is 13.6. The Morgan fingerprint density at radius 1 is 1.24 bits per heavy atom. The van der Waals surface area contributed by atoms with E-state index in [0.29, 0.717) is 6.07 Å². The van der Waals surface area contributed by atoms with Crippen LogP contribution in [0.15, 0.2) is 42.6 Å². The van der Waals surface area contributed by atoms with E-state index in [2.05, 4.69) is 4.98 Å². The second-order valence-corrected chi connectivity index (χ2v) is 4.10. The quantitative estimate of drug-likeness (QED) is 0.548. The standard InChI is InChI=1S/C13H7F2N3O3/c14-8-4-5-10(9(15)7-8)21-12-13(18(19)20)17-6-2-1-3-11(17)16-12/h1-7H. The van der Waals surface area contributed by atoms with Gasteiger partial charge in [0.1, 0.15) is 5.82 Å². The number of rotatable bonds is 3. The molecule has 0 N–H and O–H groups in total. The van der Waals surface area contributed by atoms with Crippen LogP contribution >= 0.6 is 0 Å². The van der Waals surface area contributed by atoms with Crippen molar-refractivity contribution in [3.8, 4) is 11.6 Å². The second-order valence-electron chi connectivity index (χ2n) is 4.10. The van der Waals surface area contributed by atoms with Crippen LogP contribution in [0.4, 0.5) is 14.6 Å². The molecule has 0 aliphatic heterocycles. The van der Waals surface area contributed by atoms with E-state index in [9.17, 15) is 18.9 Å². The molecule has 6 nitrogen and oxygen atoms in total. The van der Waals surface area contributed by atoms with Crippen molar-refractivity contribution in [2.45, 2.75) is 0 Å². The summed E-state index contributed by atoms with van der Waals surface area (Å²) in [5, 5.41) is 11.1. The van der Waals surface area contributed by atoms with Gasteiger partial charge >= 0.3 is 11.7 Å². The molecular formula is C13H7F2N3O3. The van der Waals surface area contributed by atoms with E-state index in [4.69, 9.17) is 4.74 Å². The fraction of sp³-hybridized carbons (Fsp3) is 0. The Labute approximate surface area is 116 Å². The zero-order valence-electron chi connectivity index (χ0n) is 10.4. The molecule has 0 atom stereocenters. The van der Waals surface area contributed by atoms with Crippen molar-refractivity contribution in [1.29, 1.82) is 0 Å². The van der Waals surface area contributed by atoms with Gasteiger partial charge in [0.05, 0.1) is 6.20 Å². The highest BCUT2D eigenvalue weighted by atomic mass is 19.1. The molecule has 106 valence electrons. The second kappa shape index (κ2) is 4.82. The largest absolute Gasteiger partial charge is 0.429 e. The van der Waals surface area contributed by atoms with E-state index in [1.807, 2.05) is 0 Å². The molecule has 3 aromatic rings. The monoisotopic (exact) mass is 291 g/mol. The number of benzene rings is 1. The molecule has 0 amide bonds. The van der Waals surface area contributed by atoms with Crippen LogP contribution in [0.1, 0.15) is 0 Å². The molecule has 2 heterocycles. The zero-order chi connectivity index (χ0) is 15.0. The summed E-state index contributed by atoms with van der Waals surface area (Å²) in [5.41, 5.74) is 0.279. The van der Waals surface area contributed by atoms with Gasteiger partial charge in [-0.15, -0.1) is 0 Å². The minimum absolute atomic E-state index is 0.279. The molecule has 21 heavy (non-hydrogen) atoms. The maximum Gasteiger partial charge on any atom is 0.392 e. The molecule has 0 aliphatic rings. The number of hydrogen-bond acceptors (Lipinski definition) is 4. The Morgan fingerprint density at radius 2 is 2.05 bits per heavy atom. The predicted molar refractivity (Wildman–Crippen MR) is 68.3 cm³/mol. The molecule has 0 saturated carbocycles. The smallest absolute Gasteiger partial charge is 0.392 e. The van der Waals surface area contributed by atoms with E-state index in [1.54, 1.807) is 18.2 Å². The van der Waals surface area contributed by atoms with Gasteiger partial charge < -0.3 is 14.9 Å². The number of ether oxygens (including phenoxy) is 1. The SMILES string of the molecule is O=[N+]([O-])c1c(Oc2ccc(F)cc2F)nc2ccccn12. The molecule has 0 spiro atoms. The first-order chi connectivity index (χ1) is 10.1. The average molecular weight is 291 g/mol. The average Bonchev–Trinajstić information content (AvgIpc) is 2.80. The van der Waals surface area contributed by atoms with E-state index in [-0.39, 0.29) is 17.3 Å². The number of aromatic nitrogens is 2. The van der Waals surface area contributed by atoms with Crippen LogP contribution in [0.3, 0.4) is 0 Å². The fourth-order valence-electron chi connectivity index (χ4n) is 1.86. The highest BCUT2D eigenvalue weighted by molar-refractivity contribution is 5.53. The van der Waals surface area contributed by atoms with E-state index < -0.39 is 22.4 Å². The van der Waals surface area contributed by atoms with Gasteiger partial charge in [-0.2, -0.15) is 9.38 Å². The highest BCUT2D eigenvalue weighted by Crippen LogP contribution is 2.32. The van der Waals surface area contributed by atoms with E-state index in [0.717, 1.165) is 12.1 Å². The Hall–Kier alpha value is -3.03. The summed E-state index contributed by atoms with van der Waals surface area (Å²) in [4.78, 5) is 14.4. The van der Waals surface area contributed by atoms with Gasteiger partial charge in [0.15, 0.2) is 11.6 Å². The minimum atomic E-state index is -0.971. The summed E-state index contributed by atoms with van der Waals surface area (Å²) in [5.74, 6) is -2.89. The normalized spacial score (nSPS) is 10.8. The molecule has 0 radical (unpaired) electrons. The number of imidazole rings is 1. The number of nitro groups is 1. The lowest BCUT2D eigenvalue weighted by molar-refractivity contribution is -0.391. The van der Waals surface area contributed by atoms with Crippen LogP contribution in [-0.2, 0) is 0 Å². The van der Waals surface area contributed by atoms with Crippen molar-refractivity contribution in [2.24, 2.45) is 0 Å². The molecule has 2 aromatic heterocycles. The van der Waals surface area contributed by atoms with Gasteiger partial charge in [-0.05, 0) is 23.1 Å². The van der Waals surface area contributed by atoms with Crippen molar-refractivity contribution >= 4 is 11.5 Å². The molecule has 8 heteroatoms. The van der Waals surface area contributed by atoms with Gasteiger partial charge in [-0.3, -0.25) is 0 Å². The number of fused-ring (bicyclic) bond motifs is 1. The lowest BCUT2D eigenvalue weighted by Crippen LogP contribution is -1.97. The third-order valence-corrected chi connectivity index (χ3v) is 2.75. The number of pyridine rings is 1. The van der Waals surface area contributed by atoms with Gasteiger partial charge in [0.2, 0.25) is 5.65 Å². The topological polar surface area (TPSA) is 69.7 Å². The van der Waals surface area contributed by atoms with Gasteiger partial charge in [-0.25, -0.2) is 8.78 Å². The Bertz CT molecular complexity index is 848. The van der Waals surface area contributed by atoms with Crippen LogP contribution in [0.5, 0.6) is 11.6 Å². The molecule has 0 saturated heterocycles. The summed E-state index contributed by atoms with van der Waals surface area (Å²) in [7, 11) is 0. The van der Waals surface area contributed by atoms with Crippen LogP contribution in [0.2, 0.25) is 0 Å². The molecule has 0 fully saturated rings. The summed E-state index contributed by atoms with van der Waals surface area (Å²) in [6.07, 6.45) is 1.44. The Balaban J connectivity index is 2.12. The Morgan fingerprint density at radius 3 is 2.76 bits per heavy atom. The first kappa shape index (κ1) is 13.0. The van der Waals surface area contributed by atoms with E-state index in [1.165, 1.54) is 10.6 Å². The number of hydrogen-bond donors (Lipinski definition) is 0. The minimum Gasteiger partial charge on any atom is -0.429 e. The van der Waals surface area contributed by atoms with Crippen molar-refractivity contribution < 1.29 is 18.4 Å². The van der Waals surface area contributed by atoms with Gasteiger partial charge in [0.25, 0.3) is 0 Å². The van der Waals surface area contributed by atoms with Gasteiger partial charge in [-0.1, -0.05) is 6.07 Å². The highest BCUT2D eigenvalue weighted by Gasteiger charge is 2.25. The van der Waals surface area contributed by atoms with Gasteiger partial charge in [0, 0.05) is 12.1 Å². The fourth-order valence-corrected chi connectivity index (χ4v) is 1.86. The van der Waals surface area contributed by atoms with Crippen molar-refractivity contribution in [3.63, 3.8) is 0 Å². The molecule has 1 aromatic carbocycles. The van der Waals surface area contributed by atoms with Crippen LogP contribution in [0.25, 0.3) is 5.65 Å². The molecule has 0 bridgehead atoms. The lowest BCUT2D eigenvalue weighted by atomic mass is 10.3. The summed E-state index contributed by atoms with van der Waals surface area (Å²) < 4.78 is 32.7.